The van der Waals surface area contributed by atoms with E-state index in [1.807, 2.05) is 30.0 Å². The van der Waals surface area contributed by atoms with Gasteiger partial charge >= 0.3 is 0 Å². The summed E-state index contributed by atoms with van der Waals surface area (Å²) in [5.74, 6) is 0.171. The van der Waals surface area contributed by atoms with Gasteiger partial charge in [0.2, 0.25) is 11.9 Å². The van der Waals surface area contributed by atoms with Gasteiger partial charge in [0.25, 0.3) is 0 Å². The highest BCUT2D eigenvalue weighted by atomic mass is 79.9. The normalized spacial score (nSPS) is 20.1. The molecule has 1 amide bonds. The zero-order valence-corrected chi connectivity index (χ0v) is 12.7. The quantitative estimate of drug-likeness (QED) is 0.839. The number of aromatic nitrogens is 2. The van der Waals surface area contributed by atoms with Gasteiger partial charge < -0.3 is 4.90 Å². The first-order valence-corrected chi connectivity index (χ1v) is 7.06. The number of guanidine groups is 1. The summed E-state index contributed by atoms with van der Waals surface area (Å²) in [6.07, 6.45) is 0.404. The average molecular weight is 336 g/mol. The zero-order valence-electron chi connectivity index (χ0n) is 11.1. The van der Waals surface area contributed by atoms with E-state index in [1.54, 1.807) is 7.05 Å². The summed E-state index contributed by atoms with van der Waals surface area (Å²) in [5.41, 5.74) is 1.70. The molecule has 0 aliphatic carbocycles. The second kappa shape index (κ2) is 4.59. The maximum Gasteiger partial charge on any atom is 0.231 e. The van der Waals surface area contributed by atoms with Gasteiger partial charge in [-0.25, -0.2) is 0 Å². The third-order valence-corrected chi connectivity index (χ3v) is 4.21. The monoisotopic (exact) mass is 335 g/mol. The summed E-state index contributed by atoms with van der Waals surface area (Å²) in [6.45, 7) is 1.95. The van der Waals surface area contributed by atoms with Crippen LogP contribution in [0, 0.1) is 5.41 Å². The molecule has 0 unspecified atom stereocenters. The number of carbonyl (C=O) groups is 1. The number of nitrogens with one attached hydrogen (secondary N) is 2. The van der Waals surface area contributed by atoms with Gasteiger partial charge in [0.1, 0.15) is 4.60 Å². The van der Waals surface area contributed by atoms with Crippen LogP contribution in [0.3, 0.4) is 0 Å². The molecule has 1 saturated heterocycles. The van der Waals surface area contributed by atoms with E-state index in [4.69, 9.17) is 5.41 Å². The van der Waals surface area contributed by atoms with Crippen molar-refractivity contribution in [2.75, 3.05) is 11.9 Å². The zero-order chi connectivity index (χ0) is 14.4. The van der Waals surface area contributed by atoms with Gasteiger partial charge in [-0.2, -0.15) is 5.10 Å². The number of hydrogen-bond acceptors (Lipinski definition) is 3. The number of nitrogens with zero attached hydrogens (tertiary/aromatic N) is 3. The smallest absolute Gasteiger partial charge is 0.231 e. The summed E-state index contributed by atoms with van der Waals surface area (Å²) in [4.78, 5) is 15.0. The molecule has 104 valence electrons. The molecule has 2 N–H and O–H groups in total. The van der Waals surface area contributed by atoms with Crippen molar-refractivity contribution in [1.29, 1.82) is 5.41 Å². The van der Waals surface area contributed by atoms with Gasteiger partial charge in [0.15, 0.2) is 0 Å². The summed E-state index contributed by atoms with van der Waals surface area (Å²) in [5, 5.41) is 16.2. The van der Waals surface area contributed by atoms with Crippen LogP contribution in [-0.2, 0) is 4.79 Å². The van der Waals surface area contributed by atoms with Crippen molar-refractivity contribution in [1.82, 2.24) is 15.1 Å². The molecule has 1 aliphatic rings. The summed E-state index contributed by atoms with van der Waals surface area (Å²) in [6, 6.07) is 5.78. The van der Waals surface area contributed by atoms with E-state index in [-0.39, 0.29) is 17.9 Å². The van der Waals surface area contributed by atoms with E-state index in [2.05, 4.69) is 26.1 Å². The van der Waals surface area contributed by atoms with E-state index in [1.165, 1.54) is 4.90 Å². The molecule has 3 rings (SSSR count). The first kappa shape index (κ1) is 13.1. The fraction of sp³-hybridized carbons (Fsp3) is 0.308. The molecule has 6 nitrogen and oxygen atoms in total. The van der Waals surface area contributed by atoms with Crippen molar-refractivity contribution < 1.29 is 4.79 Å². The summed E-state index contributed by atoms with van der Waals surface area (Å²) in [7, 11) is 1.63. The lowest BCUT2D eigenvalue weighted by molar-refractivity contribution is -0.127. The van der Waals surface area contributed by atoms with Gasteiger partial charge in [-0.15, -0.1) is 0 Å². The highest BCUT2D eigenvalue weighted by molar-refractivity contribution is 9.10. The minimum Gasteiger partial charge on any atom is -0.309 e. The number of anilines is 1. The van der Waals surface area contributed by atoms with Gasteiger partial charge in [-0.1, -0.05) is 0 Å². The van der Waals surface area contributed by atoms with Crippen LogP contribution in [0.1, 0.15) is 13.3 Å². The Labute approximate surface area is 124 Å². The average Bonchev–Trinajstić information content (AvgIpc) is 2.78. The number of H-pyrrole nitrogens is 1. The van der Waals surface area contributed by atoms with E-state index in [0.717, 1.165) is 21.2 Å². The minimum absolute atomic E-state index is 0.0256. The molecule has 1 aromatic heterocycles. The number of aromatic amines is 1. The number of hydrogen-bond donors (Lipinski definition) is 2. The van der Waals surface area contributed by atoms with Crippen LogP contribution in [0.25, 0.3) is 10.9 Å². The molecule has 0 spiro atoms. The van der Waals surface area contributed by atoms with E-state index in [0.29, 0.717) is 6.42 Å². The fourth-order valence-corrected chi connectivity index (χ4v) is 2.89. The number of halogens is 1. The fourth-order valence-electron chi connectivity index (χ4n) is 2.46. The maximum atomic E-state index is 11.7. The number of carbonyl (C=O) groups excluding carboxylic acids is 1. The Morgan fingerprint density at radius 3 is 3.00 bits per heavy atom. The minimum atomic E-state index is -0.0361. The second-order valence-corrected chi connectivity index (χ2v) is 5.73. The Morgan fingerprint density at radius 2 is 2.25 bits per heavy atom. The largest absolute Gasteiger partial charge is 0.309 e. The van der Waals surface area contributed by atoms with E-state index in [9.17, 15) is 4.79 Å². The molecule has 0 radical (unpaired) electrons. The van der Waals surface area contributed by atoms with Crippen LogP contribution >= 0.6 is 15.9 Å². The Balaban J connectivity index is 2.05. The highest BCUT2D eigenvalue weighted by Crippen LogP contribution is 2.29. The molecule has 1 aromatic carbocycles. The number of rotatable bonds is 1. The molecule has 0 bridgehead atoms. The number of fused-ring (bicyclic) bond motifs is 1. The predicted molar refractivity (Wildman–Crippen MR) is 80.8 cm³/mol. The van der Waals surface area contributed by atoms with Crippen LogP contribution < -0.4 is 4.90 Å². The van der Waals surface area contributed by atoms with Crippen molar-refractivity contribution in [3.05, 3.63) is 22.8 Å². The molecule has 0 saturated carbocycles. The molecular formula is C13H14BrN5O. The lowest BCUT2D eigenvalue weighted by Crippen LogP contribution is -2.55. The van der Waals surface area contributed by atoms with Crippen LogP contribution in [-0.4, -0.2) is 40.1 Å². The standard InChI is InChI=1S/C13H14BrN5O/c1-7-5-11(20)18(2)13(15)19(7)8-3-4-9-10(6-8)16-17-12(9)14/h3-4,6-7,15H,5H2,1-2H3,(H,16,17)/t7-/m0/s1. The van der Waals surface area contributed by atoms with Crippen molar-refractivity contribution in [3.63, 3.8) is 0 Å². The first-order valence-electron chi connectivity index (χ1n) is 6.27. The Bertz CT molecular complexity index is 710. The Kier molecular flexibility index (Phi) is 3.01. The lowest BCUT2D eigenvalue weighted by atomic mass is 10.1. The molecule has 20 heavy (non-hydrogen) atoms. The summed E-state index contributed by atoms with van der Waals surface area (Å²) >= 11 is 3.40. The predicted octanol–water partition coefficient (Wildman–Crippen LogP) is 2.32. The number of amides is 1. The van der Waals surface area contributed by atoms with Crippen molar-refractivity contribution >= 4 is 44.4 Å². The SMILES string of the molecule is C[C@H]1CC(=O)N(C)C(=N)N1c1ccc2c(Br)[nH]nc2c1. The van der Waals surface area contributed by atoms with Crippen LogP contribution in [0.2, 0.25) is 0 Å². The van der Waals surface area contributed by atoms with Gasteiger partial charge in [0, 0.05) is 30.6 Å². The lowest BCUT2D eigenvalue weighted by Gasteiger charge is -2.39. The molecule has 1 atom stereocenters. The third kappa shape index (κ3) is 1.89. The highest BCUT2D eigenvalue weighted by Gasteiger charge is 2.32. The van der Waals surface area contributed by atoms with Gasteiger partial charge in [-0.05, 0) is 41.1 Å². The maximum absolute atomic E-state index is 11.7. The Morgan fingerprint density at radius 1 is 1.50 bits per heavy atom. The van der Waals surface area contributed by atoms with Crippen LogP contribution in [0.15, 0.2) is 22.8 Å². The van der Waals surface area contributed by atoms with Gasteiger partial charge in [-0.3, -0.25) is 20.2 Å². The molecule has 1 aliphatic heterocycles. The third-order valence-electron chi connectivity index (χ3n) is 3.60. The van der Waals surface area contributed by atoms with Crippen LogP contribution in [0.5, 0.6) is 0 Å². The van der Waals surface area contributed by atoms with Crippen molar-refractivity contribution in [2.24, 2.45) is 0 Å². The van der Waals surface area contributed by atoms with Crippen molar-refractivity contribution in [3.8, 4) is 0 Å². The molecule has 2 aromatic rings. The van der Waals surface area contributed by atoms with Gasteiger partial charge in [0.05, 0.1) is 5.52 Å². The first-order chi connectivity index (χ1) is 9.49. The second-order valence-electron chi connectivity index (χ2n) is 4.94. The number of benzene rings is 1. The molecule has 2 heterocycles. The molecular weight excluding hydrogens is 322 g/mol. The Hall–Kier alpha value is -1.89. The van der Waals surface area contributed by atoms with E-state index < -0.39 is 0 Å². The van der Waals surface area contributed by atoms with E-state index >= 15 is 0 Å². The van der Waals surface area contributed by atoms with Crippen LogP contribution in [0.4, 0.5) is 5.69 Å². The van der Waals surface area contributed by atoms with Crippen molar-refractivity contribution in [2.45, 2.75) is 19.4 Å². The topological polar surface area (TPSA) is 76.1 Å². The summed E-state index contributed by atoms with van der Waals surface area (Å²) < 4.78 is 0.841. The molecule has 7 heteroatoms. The molecule has 1 fully saturated rings.